The van der Waals surface area contributed by atoms with Crippen LogP contribution in [0.4, 0.5) is 9.59 Å². The Hall–Kier alpha value is -1.52. The molecule has 0 aromatic carbocycles. The zero-order valence-electron chi connectivity index (χ0n) is 16.6. The number of nitrogens with zero attached hydrogens (tertiary/aromatic N) is 1. The van der Waals surface area contributed by atoms with E-state index >= 15 is 0 Å². The molecule has 0 saturated heterocycles. The Morgan fingerprint density at radius 1 is 0.917 bits per heavy atom. The fourth-order valence-corrected chi connectivity index (χ4v) is 2.18. The summed E-state index contributed by atoms with van der Waals surface area (Å²) in [7, 11) is -1.18. The molecule has 2 amide bonds. The molecular weight excluding hydrogens is 322 g/mol. The summed E-state index contributed by atoms with van der Waals surface area (Å²) in [5.74, 6) is 0. The highest BCUT2D eigenvalue weighted by Gasteiger charge is 2.30. The van der Waals surface area contributed by atoms with Crippen molar-refractivity contribution < 1.29 is 19.1 Å². The Kier molecular flexibility index (Phi) is 8.00. The average molecular weight is 356 g/mol. The van der Waals surface area contributed by atoms with Gasteiger partial charge in [0.2, 0.25) is 0 Å². The molecule has 0 N–H and O–H groups in total. The van der Waals surface area contributed by atoms with Crippen LogP contribution < -0.4 is 0 Å². The van der Waals surface area contributed by atoms with Crippen molar-refractivity contribution in [3.05, 3.63) is 17.9 Å². The van der Waals surface area contributed by atoms with Crippen LogP contribution in [-0.2, 0) is 9.47 Å². The first kappa shape index (κ1) is 22.5. The number of amides is 2. The molecule has 24 heavy (non-hydrogen) atoms. The lowest BCUT2D eigenvalue weighted by Crippen LogP contribution is -2.43. The van der Waals surface area contributed by atoms with Gasteiger partial charge in [0.25, 0.3) is 0 Å². The van der Waals surface area contributed by atoms with Crippen LogP contribution in [0.5, 0.6) is 0 Å². The molecule has 0 unspecified atom stereocenters. The van der Waals surface area contributed by atoms with E-state index in [-0.39, 0.29) is 6.54 Å². The van der Waals surface area contributed by atoms with E-state index in [2.05, 4.69) is 25.4 Å². The van der Waals surface area contributed by atoms with Gasteiger partial charge in [-0.2, -0.15) is 0 Å². The zero-order valence-corrected chi connectivity index (χ0v) is 17.6. The third-order valence-corrected chi connectivity index (χ3v) is 3.88. The van der Waals surface area contributed by atoms with Crippen LogP contribution in [-0.4, -0.2) is 42.9 Å². The molecule has 0 rings (SSSR count). The van der Waals surface area contributed by atoms with Gasteiger partial charge in [0.15, 0.2) is 0 Å². The number of hydrogen-bond donors (Lipinski definition) is 0. The molecule has 0 saturated carbocycles. The van der Waals surface area contributed by atoms with Crippen LogP contribution in [0.15, 0.2) is 17.9 Å². The molecule has 0 aliphatic heterocycles. The van der Waals surface area contributed by atoms with E-state index in [1.165, 1.54) is 0 Å². The SMILES string of the molecule is CC(C)(C)OC(=O)N(CC=C=CC[Si](C)(C)C)C(=O)OC(C)(C)C. The highest BCUT2D eigenvalue weighted by Crippen LogP contribution is 2.14. The van der Waals surface area contributed by atoms with Gasteiger partial charge < -0.3 is 9.47 Å². The number of rotatable bonds is 4. The third-order valence-electron chi connectivity index (χ3n) is 2.45. The van der Waals surface area contributed by atoms with Crippen molar-refractivity contribution in [2.75, 3.05) is 6.54 Å². The Morgan fingerprint density at radius 3 is 1.67 bits per heavy atom. The lowest BCUT2D eigenvalue weighted by molar-refractivity contribution is 0.00374. The summed E-state index contributed by atoms with van der Waals surface area (Å²) < 4.78 is 10.6. The predicted octanol–water partition coefficient (Wildman–Crippen LogP) is 5.21. The number of imide groups is 1. The van der Waals surface area contributed by atoms with Gasteiger partial charge in [-0.3, -0.25) is 0 Å². The summed E-state index contributed by atoms with van der Waals surface area (Å²) in [6.45, 7) is 17.4. The maximum atomic E-state index is 12.3. The molecule has 0 spiro atoms. The quantitative estimate of drug-likeness (QED) is 0.513. The summed E-state index contributed by atoms with van der Waals surface area (Å²) >= 11 is 0. The maximum absolute atomic E-state index is 12.3. The maximum Gasteiger partial charge on any atom is 0.420 e. The summed E-state index contributed by atoms with van der Waals surface area (Å²) in [6.07, 6.45) is 2.16. The van der Waals surface area contributed by atoms with Crippen molar-refractivity contribution in [3.63, 3.8) is 0 Å². The third kappa shape index (κ3) is 12.0. The Balaban J connectivity index is 5.09. The highest BCUT2D eigenvalue weighted by atomic mass is 28.3. The molecule has 0 fully saturated rings. The van der Waals surface area contributed by atoms with E-state index < -0.39 is 31.5 Å². The lowest BCUT2D eigenvalue weighted by Gasteiger charge is -2.27. The van der Waals surface area contributed by atoms with Crippen LogP contribution >= 0.6 is 0 Å². The second kappa shape index (κ2) is 8.54. The van der Waals surface area contributed by atoms with Crippen molar-refractivity contribution in [1.29, 1.82) is 0 Å². The zero-order chi connectivity index (χ0) is 19.2. The molecule has 0 aromatic heterocycles. The lowest BCUT2D eigenvalue weighted by atomic mass is 10.2. The minimum absolute atomic E-state index is 0.0615. The summed E-state index contributed by atoms with van der Waals surface area (Å²) in [5.41, 5.74) is 1.66. The number of hydrogen-bond acceptors (Lipinski definition) is 4. The molecule has 6 heteroatoms. The minimum atomic E-state index is -1.18. The van der Waals surface area contributed by atoms with Crippen LogP contribution in [0.3, 0.4) is 0 Å². The fraction of sp³-hybridized carbons (Fsp3) is 0.722. The van der Waals surface area contributed by atoms with Crippen LogP contribution in [0.25, 0.3) is 0 Å². The Labute approximate surface area is 147 Å². The van der Waals surface area contributed by atoms with Gasteiger partial charge in [0, 0.05) is 8.07 Å². The first-order valence-electron chi connectivity index (χ1n) is 8.24. The molecule has 5 nitrogen and oxygen atoms in total. The average Bonchev–Trinajstić information content (AvgIpc) is 2.27. The van der Waals surface area contributed by atoms with Gasteiger partial charge in [0.1, 0.15) is 11.2 Å². The van der Waals surface area contributed by atoms with Gasteiger partial charge in [0.05, 0.1) is 6.54 Å². The number of carbonyl (C=O) groups excluding carboxylic acids is 2. The summed E-state index contributed by atoms with van der Waals surface area (Å²) in [4.78, 5) is 25.5. The van der Waals surface area contributed by atoms with Gasteiger partial charge in [-0.25, -0.2) is 14.5 Å². The van der Waals surface area contributed by atoms with E-state index in [4.69, 9.17) is 9.47 Å². The summed E-state index contributed by atoms with van der Waals surface area (Å²) in [6, 6.07) is 0.988. The van der Waals surface area contributed by atoms with Crippen molar-refractivity contribution in [2.24, 2.45) is 0 Å². The molecule has 0 heterocycles. The van der Waals surface area contributed by atoms with Crippen molar-refractivity contribution in [1.82, 2.24) is 4.90 Å². The van der Waals surface area contributed by atoms with Gasteiger partial charge >= 0.3 is 12.2 Å². The van der Waals surface area contributed by atoms with Gasteiger partial charge in [-0.15, -0.1) is 5.73 Å². The van der Waals surface area contributed by atoms with E-state index in [1.807, 2.05) is 6.08 Å². The van der Waals surface area contributed by atoms with Gasteiger partial charge in [-0.05, 0) is 59.7 Å². The van der Waals surface area contributed by atoms with E-state index in [0.717, 1.165) is 10.9 Å². The predicted molar refractivity (Wildman–Crippen MR) is 100.0 cm³/mol. The fourth-order valence-electron chi connectivity index (χ4n) is 1.45. The van der Waals surface area contributed by atoms with E-state index in [0.29, 0.717) is 0 Å². The largest absolute Gasteiger partial charge is 0.443 e. The molecule has 0 aliphatic rings. The van der Waals surface area contributed by atoms with Crippen LogP contribution in [0.1, 0.15) is 41.5 Å². The second-order valence-electron chi connectivity index (χ2n) is 8.91. The van der Waals surface area contributed by atoms with Gasteiger partial charge in [-0.1, -0.05) is 19.6 Å². The molecule has 138 valence electrons. The second-order valence-corrected chi connectivity index (χ2v) is 14.4. The number of ether oxygens (including phenoxy) is 2. The minimum Gasteiger partial charge on any atom is -0.443 e. The first-order valence-corrected chi connectivity index (χ1v) is 11.9. The summed E-state index contributed by atoms with van der Waals surface area (Å²) in [5, 5.41) is 0. The number of carbonyl (C=O) groups is 2. The normalized spacial score (nSPS) is 12.0. The Bertz CT molecular complexity index is 473. The molecule has 0 bridgehead atoms. The molecular formula is C18H33NO4Si. The van der Waals surface area contributed by atoms with E-state index in [1.54, 1.807) is 47.6 Å². The first-order chi connectivity index (χ1) is 10.6. The molecule has 0 radical (unpaired) electrons. The van der Waals surface area contributed by atoms with Crippen LogP contribution in [0.2, 0.25) is 25.7 Å². The topological polar surface area (TPSA) is 55.8 Å². The van der Waals surface area contributed by atoms with Crippen LogP contribution in [0, 0.1) is 0 Å². The van der Waals surface area contributed by atoms with Crippen molar-refractivity contribution >= 4 is 20.3 Å². The molecule has 0 aliphatic carbocycles. The van der Waals surface area contributed by atoms with Crippen molar-refractivity contribution in [2.45, 2.75) is 78.4 Å². The Morgan fingerprint density at radius 2 is 1.33 bits per heavy atom. The highest BCUT2D eigenvalue weighted by molar-refractivity contribution is 6.76. The van der Waals surface area contributed by atoms with E-state index in [9.17, 15) is 9.59 Å². The standard InChI is InChI=1S/C18H33NO4Si/c1-17(2,3)22-15(20)19(16(21)23-18(4,5)6)13-11-10-12-14-24(7,8)9/h11-12H,13-14H2,1-9H3. The van der Waals surface area contributed by atoms with Crippen molar-refractivity contribution in [3.8, 4) is 0 Å². The monoisotopic (exact) mass is 355 g/mol. The smallest absolute Gasteiger partial charge is 0.420 e. The molecule has 0 atom stereocenters. The molecule has 0 aromatic rings.